The number of nitrogens with zero attached hydrogens (tertiary/aromatic N) is 2. The third-order valence-corrected chi connectivity index (χ3v) is 9.04. The van der Waals surface area contributed by atoms with E-state index < -0.39 is 0 Å². The molecule has 6 rings (SSSR count). The Labute approximate surface area is 302 Å². The van der Waals surface area contributed by atoms with Gasteiger partial charge in [-0.05, 0) is 84.5 Å². The average molecular weight is 834 g/mol. The minimum Gasteiger partial charge on any atom is -0.512 e. The number of hydrogen-bond acceptors (Lipinski definition) is 4. The van der Waals surface area contributed by atoms with E-state index >= 15 is 0 Å². The number of thiophene rings is 1. The largest absolute Gasteiger partial charge is 0.512 e. The standard InChI is InChI=1S/C37H37N2S.C5H8O2.Ir/c1-23(2)18-26-16-17-35-31(19-26)32(22-40-35)37-38-33-14-10-11-15-34(33)39(37)36-29(24(3)4)20-28(21-30(36)25(5)6)27-12-8-7-9-13-27;1-4(6)3-5(2)7;/h7-17,19-21,23-25H,18H2,1-6H3;3,6H,1-2H3;/q-1;;/b;4-3-;. The molecular formula is C42H45IrN2O2S-. The van der Waals surface area contributed by atoms with Crippen LogP contribution in [0.25, 0.3) is 49.3 Å². The van der Waals surface area contributed by atoms with Crippen LogP contribution in [-0.2, 0) is 31.3 Å². The first-order chi connectivity index (χ1) is 22.4. The number of rotatable bonds is 8. The number of aromatic nitrogens is 2. The number of carbonyl (C=O) groups excluding carboxylic acids is 1. The molecule has 4 nitrogen and oxygen atoms in total. The fraction of sp³-hybridized carbons (Fsp3) is 0.286. The Balaban J connectivity index is 0.000000589. The van der Waals surface area contributed by atoms with Crippen molar-refractivity contribution in [3.63, 3.8) is 0 Å². The summed E-state index contributed by atoms with van der Waals surface area (Å²) in [7, 11) is 0. The van der Waals surface area contributed by atoms with Crippen LogP contribution in [0.4, 0.5) is 0 Å². The van der Waals surface area contributed by atoms with E-state index in [9.17, 15) is 4.79 Å². The van der Waals surface area contributed by atoms with Crippen LogP contribution in [0, 0.1) is 11.3 Å². The first kappa shape index (κ1) is 37.0. The summed E-state index contributed by atoms with van der Waals surface area (Å²) in [5, 5.41) is 13.3. The fourth-order valence-electron chi connectivity index (χ4n) is 6.12. The molecule has 4 aromatic carbocycles. The number of carbonyl (C=O) groups is 1. The molecule has 48 heavy (non-hydrogen) atoms. The molecule has 0 spiro atoms. The predicted molar refractivity (Wildman–Crippen MR) is 200 cm³/mol. The molecule has 0 atom stereocenters. The van der Waals surface area contributed by atoms with Crippen LogP contribution in [0.15, 0.2) is 96.8 Å². The number of hydrogen-bond donors (Lipinski definition) is 1. The van der Waals surface area contributed by atoms with E-state index in [1.54, 1.807) is 11.3 Å². The van der Waals surface area contributed by atoms with Gasteiger partial charge in [0.05, 0.1) is 22.6 Å². The number of aliphatic hydroxyl groups excluding tert-OH is 1. The van der Waals surface area contributed by atoms with Crippen molar-refractivity contribution < 1.29 is 30.0 Å². The third-order valence-electron chi connectivity index (χ3n) is 8.16. The summed E-state index contributed by atoms with van der Waals surface area (Å²) in [5.41, 5.74) is 11.1. The Morgan fingerprint density at radius 1 is 0.854 bits per heavy atom. The SMILES string of the molecule is CC(=O)/C=C(/C)O.CC(C)Cc1ccc2s[c-]c(-c3nc4ccccc4n3-c3c(C(C)C)cc(-c4ccccc4)cc3C(C)C)c2c1.[Ir]. The van der Waals surface area contributed by atoms with Gasteiger partial charge in [-0.2, -0.15) is 0 Å². The molecule has 0 aliphatic rings. The van der Waals surface area contributed by atoms with Crippen molar-refractivity contribution >= 4 is 38.2 Å². The first-order valence-corrected chi connectivity index (χ1v) is 17.3. The molecule has 1 radical (unpaired) electrons. The van der Waals surface area contributed by atoms with Gasteiger partial charge in [-0.15, -0.1) is 11.5 Å². The van der Waals surface area contributed by atoms with Crippen molar-refractivity contribution in [2.75, 3.05) is 0 Å². The van der Waals surface area contributed by atoms with Crippen LogP contribution >= 0.6 is 11.3 Å². The molecule has 2 heterocycles. The van der Waals surface area contributed by atoms with Crippen molar-refractivity contribution in [3.05, 3.63) is 119 Å². The summed E-state index contributed by atoms with van der Waals surface area (Å²) < 4.78 is 3.69. The van der Waals surface area contributed by atoms with Gasteiger partial charge in [0.2, 0.25) is 0 Å². The smallest absolute Gasteiger partial charge is 0.155 e. The summed E-state index contributed by atoms with van der Waals surface area (Å²) in [5.74, 6) is 2.20. The average Bonchev–Trinajstić information content (AvgIpc) is 3.61. The van der Waals surface area contributed by atoms with Crippen LogP contribution in [0.2, 0.25) is 0 Å². The topological polar surface area (TPSA) is 55.1 Å². The molecule has 2 aromatic heterocycles. The Morgan fingerprint density at radius 2 is 1.48 bits per heavy atom. The normalized spacial score (nSPS) is 11.7. The molecule has 0 fully saturated rings. The van der Waals surface area contributed by atoms with E-state index in [-0.39, 0.29) is 31.6 Å². The second kappa shape index (κ2) is 16.0. The quantitative estimate of drug-likeness (QED) is 0.0944. The van der Waals surface area contributed by atoms with Crippen LogP contribution in [-0.4, -0.2) is 20.4 Å². The van der Waals surface area contributed by atoms with Gasteiger partial charge in [-0.3, -0.25) is 21.1 Å². The Morgan fingerprint density at radius 3 is 2.04 bits per heavy atom. The summed E-state index contributed by atoms with van der Waals surface area (Å²) in [6.07, 6.45) is 2.23. The Bertz CT molecular complexity index is 2020. The van der Waals surface area contributed by atoms with E-state index in [0.29, 0.717) is 17.8 Å². The number of allylic oxidation sites excluding steroid dienone is 2. The zero-order valence-corrected chi connectivity index (χ0v) is 32.3. The van der Waals surface area contributed by atoms with Gasteiger partial charge in [-0.25, -0.2) is 0 Å². The molecule has 0 saturated carbocycles. The van der Waals surface area contributed by atoms with Crippen LogP contribution in [0.5, 0.6) is 0 Å². The number of ketones is 1. The minimum atomic E-state index is -0.125. The van der Waals surface area contributed by atoms with Crippen molar-refractivity contribution in [1.82, 2.24) is 9.55 Å². The molecular weight excluding hydrogens is 789 g/mol. The number of benzene rings is 4. The maximum Gasteiger partial charge on any atom is 0.155 e. The first-order valence-electron chi connectivity index (χ1n) is 16.5. The molecule has 6 heteroatoms. The molecule has 251 valence electrons. The maximum absolute atomic E-state index is 10.0. The molecule has 0 aliphatic carbocycles. The van der Waals surface area contributed by atoms with E-state index in [2.05, 4.69) is 136 Å². The zero-order valence-electron chi connectivity index (χ0n) is 29.1. The van der Waals surface area contributed by atoms with Crippen LogP contribution < -0.4 is 0 Å². The predicted octanol–water partition coefficient (Wildman–Crippen LogP) is 11.9. The van der Waals surface area contributed by atoms with Crippen molar-refractivity contribution in [2.45, 2.75) is 73.6 Å². The van der Waals surface area contributed by atoms with Gasteiger partial charge in [0, 0.05) is 31.9 Å². The summed E-state index contributed by atoms with van der Waals surface area (Å²) >= 11 is 1.69. The number of fused-ring (bicyclic) bond motifs is 2. The van der Waals surface area contributed by atoms with E-state index in [0.717, 1.165) is 28.8 Å². The van der Waals surface area contributed by atoms with Crippen molar-refractivity contribution in [2.24, 2.45) is 5.92 Å². The van der Waals surface area contributed by atoms with E-state index in [1.165, 1.54) is 63.5 Å². The van der Waals surface area contributed by atoms with Crippen LogP contribution in [0.1, 0.15) is 83.9 Å². The van der Waals surface area contributed by atoms with E-state index in [1.807, 2.05) is 0 Å². The summed E-state index contributed by atoms with van der Waals surface area (Å²) in [6, 6.07) is 31.0. The fourth-order valence-corrected chi connectivity index (χ4v) is 6.94. The van der Waals surface area contributed by atoms with Gasteiger partial charge < -0.3 is 9.67 Å². The van der Waals surface area contributed by atoms with Gasteiger partial charge >= 0.3 is 0 Å². The molecule has 0 bridgehead atoms. The minimum absolute atomic E-state index is 0. The van der Waals surface area contributed by atoms with Gasteiger partial charge in [0.1, 0.15) is 0 Å². The molecule has 0 unspecified atom stereocenters. The van der Waals surface area contributed by atoms with Gasteiger partial charge in [0.25, 0.3) is 0 Å². The van der Waals surface area contributed by atoms with E-state index in [4.69, 9.17) is 10.1 Å². The van der Waals surface area contributed by atoms with Gasteiger partial charge in [0.15, 0.2) is 5.78 Å². The maximum atomic E-state index is 10.0. The monoisotopic (exact) mass is 834 g/mol. The van der Waals surface area contributed by atoms with Crippen molar-refractivity contribution in [3.8, 4) is 28.2 Å². The summed E-state index contributed by atoms with van der Waals surface area (Å²) in [4.78, 5) is 15.3. The van der Waals surface area contributed by atoms with Crippen molar-refractivity contribution in [1.29, 1.82) is 0 Å². The molecule has 0 amide bonds. The van der Waals surface area contributed by atoms with Gasteiger partial charge in [-0.1, -0.05) is 117 Å². The molecule has 0 saturated heterocycles. The second-order valence-corrected chi connectivity index (χ2v) is 14.2. The third kappa shape index (κ3) is 8.23. The summed E-state index contributed by atoms with van der Waals surface area (Å²) in [6.45, 7) is 16.6. The Hall–Kier alpha value is -3.83. The number of para-hydroxylation sites is 2. The number of aliphatic hydroxyl groups is 1. The van der Waals surface area contributed by atoms with Crippen LogP contribution in [0.3, 0.4) is 0 Å². The Kier molecular flexibility index (Phi) is 12.4. The second-order valence-electron chi connectivity index (χ2n) is 13.3. The number of imidazole rings is 1. The zero-order chi connectivity index (χ0) is 33.8. The molecule has 0 aliphatic heterocycles. The molecule has 6 aromatic rings. The molecule has 1 N–H and O–H groups in total.